The molecule has 1 aliphatic heterocycles. The van der Waals surface area contributed by atoms with Gasteiger partial charge in [-0.05, 0) is 55.3 Å². The third kappa shape index (κ3) is 4.09. The van der Waals surface area contributed by atoms with Crippen LogP contribution in [0.3, 0.4) is 0 Å². The van der Waals surface area contributed by atoms with E-state index in [9.17, 15) is 9.59 Å². The third-order valence-corrected chi connectivity index (χ3v) is 6.94. The van der Waals surface area contributed by atoms with Crippen LogP contribution in [0.4, 0.5) is 11.4 Å². The Morgan fingerprint density at radius 3 is 2.29 bits per heavy atom. The van der Waals surface area contributed by atoms with Gasteiger partial charge in [0.15, 0.2) is 0 Å². The summed E-state index contributed by atoms with van der Waals surface area (Å²) in [5.74, 6) is -0.927. The van der Waals surface area contributed by atoms with E-state index in [1.807, 2.05) is 62.4 Å². The molecule has 0 saturated carbocycles. The second-order valence-corrected chi connectivity index (χ2v) is 8.88. The predicted octanol–water partition coefficient (Wildman–Crippen LogP) is 6.60. The van der Waals surface area contributed by atoms with E-state index in [4.69, 9.17) is 23.2 Å². The van der Waals surface area contributed by atoms with Crippen LogP contribution in [0.15, 0.2) is 82.2 Å². The molecule has 31 heavy (non-hydrogen) atoms. The highest BCUT2D eigenvalue weighted by atomic mass is 35.5. The van der Waals surface area contributed by atoms with Gasteiger partial charge in [0.2, 0.25) is 0 Å². The number of aryl methyl sites for hydroxylation is 1. The van der Waals surface area contributed by atoms with Crippen molar-refractivity contribution >= 4 is 58.2 Å². The van der Waals surface area contributed by atoms with Crippen LogP contribution >= 0.6 is 35.0 Å². The van der Waals surface area contributed by atoms with Crippen molar-refractivity contribution in [2.45, 2.75) is 18.7 Å². The minimum Gasteiger partial charge on any atom is -0.350 e. The van der Waals surface area contributed by atoms with Crippen LogP contribution in [-0.2, 0) is 9.59 Å². The lowest BCUT2D eigenvalue weighted by molar-refractivity contribution is -0.120. The van der Waals surface area contributed by atoms with Crippen molar-refractivity contribution < 1.29 is 9.59 Å². The van der Waals surface area contributed by atoms with E-state index in [2.05, 4.69) is 5.32 Å². The molecule has 0 bridgehead atoms. The number of thioether (sulfide) groups is 1. The fourth-order valence-corrected chi connectivity index (χ4v) is 4.55. The number of imide groups is 1. The molecular weight excluding hydrogens is 451 g/mol. The number of rotatable bonds is 5. The minimum atomic E-state index is -0.478. The molecule has 0 atom stereocenters. The Balaban J connectivity index is 1.81. The molecule has 4 nitrogen and oxygen atoms in total. The van der Waals surface area contributed by atoms with Gasteiger partial charge in [-0.25, -0.2) is 4.90 Å². The number of halogens is 2. The first kappa shape index (κ1) is 21.5. The number of hydrogen-bond acceptors (Lipinski definition) is 4. The topological polar surface area (TPSA) is 49.4 Å². The fraction of sp³-hybridized carbons (Fsp3) is 0.0833. The van der Waals surface area contributed by atoms with Crippen molar-refractivity contribution in [2.75, 3.05) is 10.2 Å². The Kier molecular flexibility index (Phi) is 6.10. The first-order valence-corrected chi connectivity index (χ1v) is 11.1. The quantitative estimate of drug-likeness (QED) is 0.428. The van der Waals surface area contributed by atoms with E-state index < -0.39 is 11.8 Å². The Labute approximate surface area is 194 Å². The summed E-state index contributed by atoms with van der Waals surface area (Å²) in [5.41, 5.74) is 3.31. The van der Waals surface area contributed by atoms with Crippen molar-refractivity contribution in [3.63, 3.8) is 0 Å². The van der Waals surface area contributed by atoms with Gasteiger partial charge in [-0.1, -0.05) is 71.4 Å². The first-order valence-electron chi connectivity index (χ1n) is 9.51. The average Bonchev–Trinajstić information content (AvgIpc) is 2.98. The molecule has 3 aromatic carbocycles. The van der Waals surface area contributed by atoms with Crippen molar-refractivity contribution in [3.05, 3.63) is 98.5 Å². The van der Waals surface area contributed by atoms with Gasteiger partial charge in [0.05, 0.1) is 15.7 Å². The Morgan fingerprint density at radius 1 is 0.839 bits per heavy atom. The summed E-state index contributed by atoms with van der Waals surface area (Å²) in [5, 5.41) is 3.63. The fourth-order valence-electron chi connectivity index (χ4n) is 3.23. The average molecular weight is 469 g/mol. The number of hydrogen-bond donors (Lipinski definition) is 1. The molecule has 2 amide bonds. The van der Waals surface area contributed by atoms with Gasteiger partial charge >= 0.3 is 0 Å². The number of carbonyl (C=O) groups excluding carboxylic acids is 2. The third-order valence-electron chi connectivity index (χ3n) is 5.04. The minimum absolute atomic E-state index is 0.155. The maximum Gasteiger partial charge on any atom is 0.283 e. The Morgan fingerprint density at radius 2 is 1.55 bits per heavy atom. The SMILES string of the molecule is Cc1cccc(NC2=C(Sc3ccccc3)C(=O)N(c3cccc(Cl)c3Cl)C2=O)c1C. The summed E-state index contributed by atoms with van der Waals surface area (Å²) in [6.07, 6.45) is 0. The molecule has 0 aromatic heterocycles. The smallest absolute Gasteiger partial charge is 0.283 e. The summed E-state index contributed by atoms with van der Waals surface area (Å²) < 4.78 is 0. The number of nitrogens with one attached hydrogen (secondary N) is 1. The molecule has 0 radical (unpaired) electrons. The Bertz CT molecular complexity index is 1230. The maximum atomic E-state index is 13.5. The van der Waals surface area contributed by atoms with E-state index in [1.165, 1.54) is 11.8 Å². The molecule has 0 fully saturated rings. The van der Waals surface area contributed by atoms with Crippen molar-refractivity contribution in [1.29, 1.82) is 0 Å². The number of carbonyl (C=O) groups is 2. The highest BCUT2D eigenvalue weighted by Gasteiger charge is 2.41. The zero-order valence-corrected chi connectivity index (χ0v) is 19.1. The zero-order valence-electron chi connectivity index (χ0n) is 16.8. The van der Waals surface area contributed by atoms with Crippen LogP contribution in [0.5, 0.6) is 0 Å². The van der Waals surface area contributed by atoms with E-state index >= 15 is 0 Å². The maximum absolute atomic E-state index is 13.5. The molecule has 0 aliphatic carbocycles. The number of benzene rings is 3. The summed E-state index contributed by atoms with van der Waals surface area (Å²) in [6.45, 7) is 3.96. The number of nitrogens with zero attached hydrogens (tertiary/aromatic N) is 1. The van der Waals surface area contributed by atoms with Crippen molar-refractivity contribution in [2.24, 2.45) is 0 Å². The lowest BCUT2D eigenvalue weighted by Crippen LogP contribution is -2.32. The molecule has 1 heterocycles. The molecule has 7 heteroatoms. The van der Waals surface area contributed by atoms with Gasteiger partial charge < -0.3 is 5.32 Å². The molecular formula is C24H18Cl2N2O2S. The van der Waals surface area contributed by atoms with Crippen LogP contribution in [0.25, 0.3) is 0 Å². The van der Waals surface area contributed by atoms with Crippen LogP contribution < -0.4 is 10.2 Å². The number of anilines is 2. The summed E-state index contributed by atoms with van der Waals surface area (Å²) >= 11 is 13.7. The highest BCUT2D eigenvalue weighted by molar-refractivity contribution is 8.04. The monoisotopic (exact) mass is 468 g/mol. The van der Waals surface area contributed by atoms with Gasteiger partial charge in [0, 0.05) is 10.6 Å². The van der Waals surface area contributed by atoms with E-state index in [0.29, 0.717) is 4.91 Å². The van der Waals surface area contributed by atoms with E-state index in [-0.39, 0.29) is 21.4 Å². The largest absolute Gasteiger partial charge is 0.350 e. The summed E-state index contributed by atoms with van der Waals surface area (Å²) in [7, 11) is 0. The molecule has 0 saturated heterocycles. The van der Waals surface area contributed by atoms with Gasteiger partial charge in [0.1, 0.15) is 10.6 Å². The van der Waals surface area contributed by atoms with Gasteiger partial charge in [0.25, 0.3) is 11.8 Å². The van der Waals surface area contributed by atoms with Crippen LogP contribution in [-0.4, -0.2) is 11.8 Å². The lowest BCUT2D eigenvalue weighted by atomic mass is 10.1. The lowest BCUT2D eigenvalue weighted by Gasteiger charge is -2.17. The molecule has 3 aromatic rings. The second-order valence-electron chi connectivity index (χ2n) is 7.01. The van der Waals surface area contributed by atoms with E-state index in [1.54, 1.807) is 18.2 Å². The summed E-state index contributed by atoms with van der Waals surface area (Å²) in [6, 6.07) is 20.1. The molecule has 1 aliphatic rings. The van der Waals surface area contributed by atoms with E-state index in [0.717, 1.165) is 26.6 Å². The van der Waals surface area contributed by atoms with Gasteiger partial charge in [-0.15, -0.1) is 0 Å². The van der Waals surface area contributed by atoms with Crippen molar-refractivity contribution in [3.8, 4) is 0 Å². The predicted molar refractivity (Wildman–Crippen MR) is 128 cm³/mol. The van der Waals surface area contributed by atoms with Crippen LogP contribution in [0.1, 0.15) is 11.1 Å². The Hall–Kier alpha value is -2.73. The van der Waals surface area contributed by atoms with Gasteiger partial charge in [-0.3, -0.25) is 9.59 Å². The molecule has 1 N–H and O–H groups in total. The van der Waals surface area contributed by atoms with Crippen molar-refractivity contribution in [1.82, 2.24) is 0 Å². The first-order chi connectivity index (χ1) is 14.9. The highest BCUT2D eigenvalue weighted by Crippen LogP contribution is 2.41. The summed E-state index contributed by atoms with van der Waals surface area (Å²) in [4.78, 5) is 29.1. The number of amides is 2. The van der Waals surface area contributed by atoms with Gasteiger partial charge in [-0.2, -0.15) is 0 Å². The molecule has 0 spiro atoms. The van der Waals surface area contributed by atoms with Crippen LogP contribution in [0, 0.1) is 13.8 Å². The van der Waals surface area contributed by atoms with Crippen LogP contribution in [0.2, 0.25) is 10.0 Å². The molecule has 156 valence electrons. The standard InChI is InChI=1S/C24H18Cl2N2O2S/c1-14-8-6-12-18(15(14)2)27-21-22(31-16-9-4-3-5-10-16)24(30)28(23(21)29)19-13-7-11-17(25)20(19)26/h3-13,27H,1-2H3. The second kappa shape index (κ2) is 8.79. The molecule has 0 unspecified atom stereocenters. The molecule has 4 rings (SSSR count). The zero-order chi connectivity index (χ0) is 22.1. The normalized spacial score (nSPS) is 13.9.